The van der Waals surface area contributed by atoms with Gasteiger partial charge in [-0.2, -0.15) is 23.5 Å². The first-order valence-electron chi connectivity index (χ1n) is 4.84. The summed E-state index contributed by atoms with van der Waals surface area (Å²) >= 11 is 3.93. The summed E-state index contributed by atoms with van der Waals surface area (Å²) in [4.78, 5) is 0. The first-order valence-corrected chi connectivity index (χ1v) is 6.94. The molecule has 0 bridgehead atoms. The van der Waals surface area contributed by atoms with E-state index in [2.05, 4.69) is 27.7 Å². The van der Waals surface area contributed by atoms with E-state index < -0.39 is 0 Å². The summed E-state index contributed by atoms with van der Waals surface area (Å²) in [5, 5.41) is 11.2. The number of hydrogen-bond acceptors (Lipinski definition) is 3. The van der Waals surface area contributed by atoms with Gasteiger partial charge in [0.15, 0.2) is 0 Å². The van der Waals surface area contributed by atoms with Crippen molar-refractivity contribution in [2.45, 2.75) is 44.3 Å². The Morgan fingerprint density at radius 3 is 2.23 bits per heavy atom. The molecule has 1 aliphatic heterocycles. The zero-order valence-electron chi connectivity index (χ0n) is 8.91. The average molecular weight is 220 g/mol. The van der Waals surface area contributed by atoms with Gasteiger partial charge in [-0.3, -0.25) is 0 Å². The topological polar surface area (TPSA) is 20.2 Å². The van der Waals surface area contributed by atoms with Crippen LogP contribution in [0.25, 0.3) is 0 Å². The molecule has 0 spiro atoms. The van der Waals surface area contributed by atoms with Crippen molar-refractivity contribution in [1.29, 1.82) is 0 Å². The number of aliphatic hydroxyl groups is 1. The van der Waals surface area contributed by atoms with Gasteiger partial charge in [-0.15, -0.1) is 0 Å². The molecule has 1 fully saturated rings. The summed E-state index contributed by atoms with van der Waals surface area (Å²) < 4.78 is 0. The highest BCUT2D eigenvalue weighted by molar-refractivity contribution is 8.07. The lowest BCUT2D eigenvalue weighted by atomic mass is 9.86. The van der Waals surface area contributed by atoms with E-state index in [1.165, 1.54) is 11.5 Å². The van der Waals surface area contributed by atoms with Crippen molar-refractivity contribution in [3.8, 4) is 0 Å². The fraction of sp³-hybridized carbons (Fsp3) is 1.00. The predicted octanol–water partition coefficient (Wildman–Crippen LogP) is 2.63. The van der Waals surface area contributed by atoms with E-state index in [0.29, 0.717) is 10.5 Å². The van der Waals surface area contributed by atoms with Gasteiger partial charge < -0.3 is 5.11 Å². The Hall–Kier alpha value is 0.660. The Labute approximate surface area is 90.1 Å². The van der Waals surface area contributed by atoms with E-state index in [9.17, 15) is 5.11 Å². The highest BCUT2D eigenvalue weighted by Gasteiger charge is 2.35. The number of hydrogen-bond donors (Lipinski definition) is 1. The van der Waals surface area contributed by atoms with Crippen LogP contribution in [0.15, 0.2) is 0 Å². The Morgan fingerprint density at radius 2 is 1.77 bits per heavy atom. The molecule has 0 radical (unpaired) electrons. The van der Waals surface area contributed by atoms with Gasteiger partial charge in [0.05, 0.1) is 6.10 Å². The zero-order valence-corrected chi connectivity index (χ0v) is 10.5. The van der Waals surface area contributed by atoms with E-state index in [0.717, 1.165) is 0 Å². The minimum Gasteiger partial charge on any atom is -0.391 e. The van der Waals surface area contributed by atoms with Gasteiger partial charge in [-0.05, 0) is 5.41 Å². The van der Waals surface area contributed by atoms with E-state index in [4.69, 9.17) is 0 Å². The second kappa shape index (κ2) is 4.45. The van der Waals surface area contributed by atoms with E-state index >= 15 is 0 Å². The molecule has 0 aromatic rings. The van der Waals surface area contributed by atoms with Crippen molar-refractivity contribution in [2.75, 3.05) is 11.5 Å². The van der Waals surface area contributed by atoms with Crippen molar-refractivity contribution in [2.24, 2.45) is 5.41 Å². The molecule has 1 aliphatic rings. The van der Waals surface area contributed by atoms with E-state index in [1.807, 2.05) is 23.5 Å². The quantitative estimate of drug-likeness (QED) is 0.733. The summed E-state index contributed by atoms with van der Waals surface area (Å²) in [6.45, 7) is 8.58. The molecule has 0 aromatic heterocycles. The fourth-order valence-electron chi connectivity index (χ4n) is 1.49. The normalized spacial score (nSPS) is 33.0. The molecule has 1 nitrogen and oxygen atoms in total. The van der Waals surface area contributed by atoms with Crippen molar-refractivity contribution >= 4 is 23.5 Å². The van der Waals surface area contributed by atoms with Crippen molar-refractivity contribution in [1.82, 2.24) is 0 Å². The Kier molecular flexibility index (Phi) is 4.02. The number of rotatable bonds is 1. The molecular formula is C10H20OS2. The molecule has 78 valence electrons. The van der Waals surface area contributed by atoms with Crippen LogP contribution in [0.1, 0.15) is 27.7 Å². The van der Waals surface area contributed by atoms with Crippen LogP contribution in [0, 0.1) is 5.41 Å². The van der Waals surface area contributed by atoms with Gasteiger partial charge in [0.2, 0.25) is 0 Å². The van der Waals surface area contributed by atoms with Crippen LogP contribution in [-0.2, 0) is 0 Å². The molecule has 3 heteroatoms. The lowest BCUT2D eigenvalue weighted by molar-refractivity contribution is 0.0613. The van der Waals surface area contributed by atoms with Gasteiger partial charge >= 0.3 is 0 Å². The smallest absolute Gasteiger partial charge is 0.0717 e. The molecule has 0 saturated carbocycles. The molecule has 0 aliphatic carbocycles. The second-order valence-corrected chi connectivity index (χ2v) is 7.49. The zero-order chi connectivity index (χ0) is 10.1. The maximum Gasteiger partial charge on any atom is 0.0717 e. The van der Waals surface area contributed by atoms with E-state index in [-0.39, 0.29) is 11.5 Å². The van der Waals surface area contributed by atoms with Crippen molar-refractivity contribution < 1.29 is 5.11 Å². The molecule has 3 atom stereocenters. The lowest BCUT2D eigenvalue weighted by Gasteiger charge is -2.38. The third-order valence-electron chi connectivity index (χ3n) is 2.44. The Morgan fingerprint density at radius 1 is 1.23 bits per heavy atom. The summed E-state index contributed by atoms with van der Waals surface area (Å²) in [6.07, 6.45) is -0.180. The van der Waals surface area contributed by atoms with Crippen LogP contribution < -0.4 is 0 Å². The summed E-state index contributed by atoms with van der Waals surface area (Å²) in [7, 11) is 0. The summed E-state index contributed by atoms with van der Waals surface area (Å²) in [6, 6.07) is 0. The van der Waals surface area contributed by atoms with Crippen LogP contribution in [0.2, 0.25) is 0 Å². The monoisotopic (exact) mass is 220 g/mol. The summed E-state index contributed by atoms with van der Waals surface area (Å²) in [5.74, 6) is 2.42. The predicted molar refractivity (Wildman–Crippen MR) is 63.6 cm³/mol. The van der Waals surface area contributed by atoms with Crippen molar-refractivity contribution in [3.63, 3.8) is 0 Å². The minimum absolute atomic E-state index is 0.0177. The maximum atomic E-state index is 10.1. The molecule has 1 saturated heterocycles. The van der Waals surface area contributed by atoms with Crippen molar-refractivity contribution in [3.05, 3.63) is 0 Å². The third-order valence-corrected chi connectivity index (χ3v) is 5.62. The number of thioether (sulfide) groups is 2. The lowest BCUT2D eigenvalue weighted by Crippen LogP contribution is -2.42. The molecule has 1 N–H and O–H groups in total. The van der Waals surface area contributed by atoms with Gasteiger partial charge in [-0.1, -0.05) is 27.7 Å². The summed E-state index contributed by atoms with van der Waals surface area (Å²) in [5.41, 5.74) is 0.0177. The molecule has 0 aromatic carbocycles. The highest BCUT2D eigenvalue weighted by atomic mass is 32.2. The van der Waals surface area contributed by atoms with Gasteiger partial charge in [0.25, 0.3) is 0 Å². The first kappa shape index (κ1) is 11.7. The van der Waals surface area contributed by atoms with Crippen LogP contribution >= 0.6 is 23.5 Å². The molecule has 13 heavy (non-hydrogen) atoms. The molecular weight excluding hydrogens is 200 g/mol. The molecule has 3 unspecified atom stereocenters. The largest absolute Gasteiger partial charge is 0.391 e. The number of aliphatic hydroxyl groups excluding tert-OH is 1. The highest BCUT2D eigenvalue weighted by Crippen LogP contribution is 2.38. The van der Waals surface area contributed by atoms with Crippen LogP contribution in [-0.4, -0.2) is 33.2 Å². The minimum atomic E-state index is -0.180. The maximum absolute atomic E-state index is 10.1. The fourth-order valence-corrected chi connectivity index (χ4v) is 4.57. The standard InChI is InChI=1S/C10H20OS2/c1-7-8(13-6-5-12-7)9(11)10(2,3)4/h7-9,11H,5-6H2,1-4H3. The van der Waals surface area contributed by atoms with E-state index in [1.54, 1.807) is 0 Å². The first-order chi connectivity index (χ1) is 5.93. The van der Waals surface area contributed by atoms with Crippen LogP contribution in [0.4, 0.5) is 0 Å². The Balaban J connectivity index is 2.58. The molecule has 1 heterocycles. The molecule has 1 rings (SSSR count). The van der Waals surface area contributed by atoms with Gasteiger partial charge in [0.1, 0.15) is 0 Å². The SMILES string of the molecule is CC1SCCSC1C(O)C(C)(C)C. The second-order valence-electron chi connectivity index (χ2n) is 4.72. The van der Waals surface area contributed by atoms with Gasteiger partial charge in [0, 0.05) is 22.0 Å². The Bertz CT molecular complexity index is 165. The molecule has 0 amide bonds. The van der Waals surface area contributed by atoms with Gasteiger partial charge in [-0.25, -0.2) is 0 Å². The van der Waals surface area contributed by atoms with Crippen LogP contribution in [0.3, 0.4) is 0 Å². The van der Waals surface area contributed by atoms with Crippen LogP contribution in [0.5, 0.6) is 0 Å². The third kappa shape index (κ3) is 3.07. The average Bonchev–Trinajstić information content (AvgIpc) is 2.02.